The standard InChI is InChI=1S/C18H24N4O3S/c1-12-4-5-13(8-19-12)25-16-6-7-24-10-14(16)21-18(23)15-11-26-17(20-15)9-22(2)3/h4-5,8,11,14,16H,6-7,9-10H2,1-3H3,(H,21,23)/t14-,16+/m0/s1. The fourth-order valence-corrected chi connectivity index (χ4v) is 3.58. The molecule has 3 heterocycles. The SMILES string of the molecule is Cc1ccc(O[C@@H]2CCOC[C@@H]2NC(=O)c2csc(CN(C)C)n2)cn1. The molecule has 2 atom stereocenters. The molecule has 1 aliphatic rings. The van der Waals surface area contributed by atoms with Crippen LogP contribution in [0, 0.1) is 6.92 Å². The van der Waals surface area contributed by atoms with Gasteiger partial charge in [0, 0.05) is 24.0 Å². The zero-order valence-corrected chi connectivity index (χ0v) is 16.1. The first kappa shape index (κ1) is 18.8. The van der Waals surface area contributed by atoms with Crippen LogP contribution >= 0.6 is 11.3 Å². The van der Waals surface area contributed by atoms with Gasteiger partial charge in [0.05, 0.1) is 25.5 Å². The highest BCUT2D eigenvalue weighted by atomic mass is 32.1. The van der Waals surface area contributed by atoms with Gasteiger partial charge in [0.25, 0.3) is 5.91 Å². The lowest BCUT2D eigenvalue weighted by molar-refractivity contribution is -0.00307. The monoisotopic (exact) mass is 376 g/mol. The predicted molar refractivity (Wildman–Crippen MR) is 99.6 cm³/mol. The van der Waals surface area contributed by atoms with E-state index in [1.54, 1.807) is 11.6 Å². The first-order chi connectivity index (χ1) is 12.5. The number of nitrogens with one attached hydrogen (secondary N) is 1. The molecule has 1 amide bonds. The number of aromatic nitrogens is 2. The van der Waals surface area contributed by atoms with Gasteiger partial charge in [-0.15, -0.1) is 11.3 Å². The van der Waals surface area contributed by atoms with Crippen LogP contribution < -0.4 is 10.1 Å². The summed E-state index contributed by atoms with van der Waals surface area (Å²) in [5.74, 6) is 0.501. The second kappa shape index (κ2) is 8.57. The van der Waals surface area contributed by atoms with E-state index in [9.17, 15) is 4.79 Å². The molecule has 7 nitrogen and oxygen atoms in total. The Morgan fingerprint density at radius 2 is 2.31 bits per heavy atom. The Hall–Kier alpha value is -2.03. The number of aryl methyl sites for hydroxylation is 1. The summed E-state index contributed by atoms with van der Waals surface area (Å²) < 4.78 is 11.6. The fourth-order valence-electron chi connectivity index (χ4n) is 2.69. The average molecular weight is 376 g/mol. The molecule has 1 fully saturated rings. The van der Waals surface area contributed by atoms with Crippen LogP contribution in [0.2, 0.25) is 0 Å². The average Bonchev–Trinajstić information content (AvgIpc) is 3.06. The molecule has 0 unspecified atom stereocenters. The van der Waals surface area contributed by atoms with Gasteiger partial charge in [-0.2, -0.15) is 0 Å². The molecule has 0 spiro atoms. The minimum absolute atomic E-state index is 0.155. The van der Waals surface area contributed by atoms with E-state index in [4.69, 9.17) is 9.47 Å². The van der Waals surface area contributed by atoms with Crippen molar-refractivity contribution < 1.29 is 14.3 Å². The molecule has 2 aromatic rings. The van der Waals surface area contributed by atoms with Crippen molar-refractivity contribution in [1.82, 2.24) is 20.2 Å². The summed E-state index contributed by atoms with van der Waals surface area (Å²) in [6.07, 6.45) is 2.26. The molecular weight excluding hydrogens is 352 g/mol. The van der Waals surface area contributed by atoms with E-state index in [-0.39, 0.29) is 18.1 Å². The highest BCUT2D eigenvalue weighted by Crippen LogP contribution is 2.18. The van der Waals surface area contributed by atoms with Crippen LogP contribution in [0.25, 0.3) is 0 Å². The zero-order chi connectivity index (χ0) is 18.5. The lowest BCUT2D eigenvalue weighted by Crippen LogP contribution is -2.51. The maximum absolute atomic E-state index is 12.6. The fraction of sp³-hybridized carbons (Fsp3) is 0.500. The predicted octanol–water partition coefficient (Wildman–Crippen LogP) is 1.87. The lowest BCUT2D eigenvalue weighted by atomic mass is 10.1. The molecular formula is C18H24N4O3S. The number of ether oxygens (including phenoxy) is 2. The molecule has 0 radical (unpaired) electrons. The second-order valence-electron chi connectivity index (χ2n) is 6.60. The highest BCUT2D eigenvalue weighted by molar-refractivity contribution is 7.09. The smallest absolute Gasteiger partial charge is 0.271 e. The number of carbonyl (C=O) groups is 1. The minimum Gasteiger partial charge on any atom is -0.486 e. The van der Waals surface area contributed by atoms with E-state index in [1.165, 1.54) is 11.3 Å². The van der Waals surface area contributed by atoms with Crippen molar-refractivity contribution in [3.63, 3.8) is 0 Å². The van der Waals surface area contributed by atoms with Crippen molar-refractivity contribution in [3.05, 3.63) is 40.1 Å². The van der Waals surface area contributed by atoms with Crippen molar-refractivity contribution in [2.24, 2.45) is 0 Å². The third-order valence-electron chi connectivity index (χ3n) is 4.02. The maximum atomic E-state index is 12.6. The molecule has 1 N–H and O–H groups in total. The molecule has 0 bridgehead atoms. The van der Waals surface area contributed by atoms with Crippen molar-refractivity contribution >= 4 is 17.2 Å². The number of hydrogen-bond acceptors (Lipinski definition) is 7. The highest BCUT2D eigenvalue weighted by Gasteiger charge is 2.30. The molecule has 3 rings (SSSR count). The molecule has 1 aliphatic heterocycles. The molecule has 2 aromatic heterocycles. The van der Waals surface area contributed by atoms with Crippen LogP contribution in [-0.2, 0) is 11.3 Å². The van der Waals surface area contributed by atoms with Crippen molar-refractivity contribution in [2.45, 2.75) is 32.0 Å². The van der Waals surface area contributed by atoms with Crippen LogP contribution in [0.1, 0.15) is 27.6 Å². The van der Waals surface area contributed by atoms with Gasteiger partial charge >= 0.3 is 0 Å². The lowest BCUT2D eigenvalue weighted by Gasteiger charge is -2.32. The number of nitrogens with zero attached hydrogens (tertiary/aromatic N) is 3. The van der Waals surface area contributed by atoms with Crippen molar-refractivity contribution in [1.29, 1.82) is 0 Å². The van der Waals surface area contributed by atoms with Crippen molar-refractivity contribution in [3.8, 4) is 5.75 Å². The quantitative estimate of drug-likeness (QED) is 0.830. The van der Waals surface area contributed by atoms with E-state index in [0.717, 1.165) is 17.2 Å². The summed E-state index contributed by atoms with van der Waals surface area (Å²) >= 11 is 1.49. The van der Waals surface area contributed by atoms with Gasteiger partial charge in [0.15, 0.2) is 0 Å². The van der Waals surface area contributed by atoms with E-state index in [0.29, 0.717) is 31.1 Å². The van der Waals surface area contributed by atoms with E-state index < -0.39 is 0 Å². The summed E-state index contributed by atoms with van der Waals surface area (Å²) in [6.45, 7) is 3.68. The Bertz CT molecular complexity index is 732. The van der Waals surface area contributed by atoms with Crippen molar-refractivity contribution in [2.75, 3.05) is 27.3 Å². The van der Waals surface area contributed by atoms with E-state index in [1.807, 2.05) is 38.1 Å². The number of carbonyl (C=O) groups excluding carboxylic acids is 1. The number of amides is 1. The number of hydrogen-bond donors (Lipinski definition) is 1. The zero-order valence-electron chi connectivity index (χ0n) is 15.3. The molecule has 0 saturated carbocycles. The Balaban J connectivity index is 1.63. The largest absolute Gasteiger partial charge is 0.486 e. The van der Waals surface area contributed by atoms with Gasteiger partial charge in [0.1, 0.15) is 22.6 Å². The first-order valence-electron chi connectivity index (χ1n) is 8.58. The summed E-state index contributed by atoms with van der Waals surface area (Å²) in [5.41, 5.74) is 1.37. The van der Waals surface area contributed by atoms with Crippen LogP contribution in [0.4, 0.5) is 0 Å². The Morgan fingerprint density at radius 3 is 3.04 bits per heavy atom. The third-order valence-corrected chi connectivity index (χ3v) is 4.85. The van der Waals surface area contributed by atoms with Gasteiger partial charge in [0.2, 0.25) is 0 Å². The van der Waals surface area contributed by atoms with Gasteiger partial charge in [-0.05, 0) is 33.2 Å². The number of thiazole rings is 1. The summed E-state index contributed by atoms with van der Waals surface area (Å²) in [5, 5.41) is 5.71. The Morgan fingerprint density at radius 1 is 1.46 bits per heavy atom. The molecule has 0 aromatic carbocycles. The molecule has 1 saturated heterocycles. The molecule has 8 heteroatoms. The normalized spacial score (nSPS) is 20.2. The minimum atomic E-state index is -0.225. The maximum Gasteiger partial charge on any atom is 0.271 e. The first-order valence-corrected chi connectivity index (χ1v) is 9.46. The Kier molecular flexibility index (Phi) is 6.18. The Labute approximate surface area is 157 Å². The number of pyridine rings is 1. The molecule has 0 aliphatic carbocycles. The second-order valence-corrected chi connectivity index (χ2v) is 7.54. The van der Waals surface area contributed by atoms with Crippen LogP contribution in [0.15, 0.2) is 23.7 Å². The summed E-state index contributed by atoms with van der Waals surface area (Å²) in [4.78, 5) is 23.2. The molecule has 26 heavy (non-hydrogen) atoms. The van der Waals surface area contributed by atoms with Crippen LogP contribution in [-0.4, -0.2) is 60.2 Å². The van der Waals surface area contributed by atoms with Crippen LogP contribution in [0.3, 0.4) is 0 Å². The third kappa shape index (κ3) is 5.00. The summed E-state index contributed by atoms with van der Waals surface area (Å²) in [7, 11) is 3.95. The topological polar surface area (TPSA) is 76.6 Å². The van der Waals surface area contributed by atoms with E-state index >= 15 is 0 Å². The van der Waals surface area contributed by atoms with E-state index in [2.05, 4.69) is 15.3 Å². The number of rotatable bonds is 6. The van der Waals surface area contributed by atoms with Gasteiger partial charge in [-0.25, -0.2) is 4.98 Å². The molecule has 140 valence electrons. The van der Waals surface area contributed by atoms with Gasteiger partial charge in [-0.3, -0.25) is 9.78 Å². The van der Waals surface area contributed by atoms with Gasteiger partial charge < -0.3 is 19.7 Å². The summed E-state index contributed by atoms with van der Waals surface area (Å²) in [6, 6.07) is 3.57. The van der Waals surface area contributed by atoms with Crippen LogP contribution in [0.5, 0.6) is 5.75 Å². The van der Waals surface area contributed by atoms with Gasteiger partial charge in [-0.1, -0.05) is 0 Å².